The van der Waals surface area contributed by atoms with Gasteiger partial charge in [-0.15, -0.1) is 0 Å². The van der Waals surface area contributed by atoms with Gasteiger partial charge in [0.15, 0.2) is 0 Å². The van der Waals surface area contributed by atoms with Gasteiger partial charge >= 0.3 is 0 Å². The van der Waals surface area contributed by atoms with E-state index in [0.29, 0.717) is 0 Å². The van der Waals surface area contributed by atoms with Crippen LogP contribution in [0.4, 0.5) is 11.4 Å². The van der Waals surface area contributed by atoms with Crippen molar-refractivity contribution in [1.29, 1.82) is 0 Å². The zero-order valence-corrected chi connectivity index (χ0v) is 24.2. The van der Waals surface area contributed by atoms with Crippen LogP contribution in [0, 0.1) is 13.8 Å². The first-order valence-corrected chi connectivity index (χ1v) is 15.6. The van der Waals surface area contributed by atoms with Gasteiger partial charge in [0.1, 0.15) is 0 Å². The van der Waals surface area contributed by atoms with E-state index in [9.17, 15) is 0 Å². The lowest BCUT2D eigenvalue weighted by atomic mass is 9.92. The third kappa shape index (κ3) is 4.72. The Balaban J connectivity index is 1.57. The van der Waals surface area contributed by atoms with Crippen molar-refractivity contribution in [3.63, 3.8) is 0 Å². The molecule has 40 heavy (non-hydrogen) atoms. The van der Waals surface area contributed by atoms with Crippen LogP contribution in [0.25, 0.3) is 10.8 Å². The van der Waals surface area contributed by atoms with Gasteiger partial charge in [-0.1, -0.05) is 97.5 Å². The standard InChI is InChI=1S/C38H40N2/c1-25-21-28-13-7-3-5-9-15-30-23-26(2)24-31-16-10-6-4-8-14-29(22-25)35(28)39-37-32-19-11-17-27-18-12-20-33(34(27)32)38(37)40-36(30)31/h11-12,17-24H,3-10,13-16H2,1-2H3. The lowest BCUT2D eigenvalue weighted by Gasteiger charge is -2.18. The van der Waals surface area contributed by atoms with Crippen molar-refractivity contribution in [2.45, 2.75) is 90.9 Å². The molecule has 0 saturated carbocycles. The van der Waals surface area contributed by atoms with Gasteiger partial charge in [-0.25, -0.2) is 9.98 Å². The van der Waals surface area contributed by atoms with Crippen LogP contribution in [0.15, 0.2) is 70.6 Å². The summed E-state index contributed by atoms with van der Waals surface area (Å²) in [7, 11) is 0. The van der Waals surface area contributed by atoms with Gasteiger partial charge in [-0.2, -0.15) is 0 Å². The monoisotopic (exact) mass is 524 g/mol. The normalized spacial score (nSPS) is 17.4. The van der Waals surface area contributed by atoms with Gasteiger partial charge in [0.2, 0.25) is 0 Å². The molecule has 0 unspecified atom stereocenters. The molecule has 7 rings (SSSR count). The molecule has 1 aliphatic carbocycles. The molecule has 2 heterocycles. The SMILES string of the molecule is Cc1cc2c3c(c1)CCCCCCc1cc(C)cc(c1N=C1C(=N3)c3cccc4cccc1c34)CCCCCC2. The fourth-order valence-corrected chi connectivity index (χ4v) is 7.33. The third-order valence-electron chi connectivity index (χ3n) is 9.20. The molecule has 2 heteroatoms. The van der Waals surface area contributed by atoms with Crippen molar-refractivity contribution >= 4 is 33.6 Å². The average Bonchev–Trinajstić information content (AvgIpc) is 3.24. The molecule has 4 aromatic rings. The maximum absolute atomic E-state index is 5.67. The van der Waals surface area contributed by atoms with Crippen molar-refractivity contribution in [3.05, 3.63) is 105 Å². The summed E-state index contributed by atoms with van der Waals surface area (Å²) in [5, 5.41) is 2.58. The average molecular weight is 525 g/mol. The Kier molecular flexibility index (Phi) is 6.87. The summed E-state index contributed by atoms with van der Waals surface area (Å²) in [5.41, 5.74) is 15.5. The predicted octanol–water partition coefficient (Wildman–Crippen LogP) is 10.0. The Morgan fingerprint density at radius 1 is 0.475 bits per heavy atom. The smallest absolute Gasteiger partial charge is 0.0979 e. The Morgan fingerprint density at radius 3 is 1.23 bits per heavy atom. The van der Waals surface area contributed by atoms with E-state index < -0.39 is 0 Å². The minimum absolute atomic E-state index is 1.06. The number of hydrogen-bond acceptors (Lipinski definition) is 2. The van der Waals surface area contributed by atoms with E-state index in [2.05, 4.69) is 74.5 Å². The molecule has 0 aromatic heterocycles. The Labute approximate surface area is 239 Å². The number of nitrogens with zero attached hydrogens (tertiary/aromatic N) is 2. The molecule has 0 spiro atoms. The van der Waals surface area contributed by atoms with E-state index in [-0.39, 0.29) is 0 Å². The van der Waals surface area contributed by atoms with E-state index in [1.807, 2.05) is 0 Å². The molecule has 0 atom stereocenters. The Hall–Kier alpha value is -3.52. The summed E-state index contributed by atoms with van der Waals surface area (Å²) in [6.45, 7) is 4.53. The van der Waals surface area contributed by atoms with Gasteiger partial charge in [0.25, 0.3) is 0 Å². The van der Waals surface area contributed by atoms with Gasteiger partial charge in [-0.05, 0) is 92.9 Å². The molecule has 0 radical (unpaired) electrons. The Morgan fingerprint density at radius 2 is 0.850 bits per heavy atom. The van der Waals surface area contributed by atoms with Crippen molar-refractivity contribution in [1.82, 2.24) is 0 Å². The lowest BCUT2D eigenvalue weighted by Crippen LogP contribution is -2.12. The van der Waals surface area contributed by atoms with Crippen LogP contribution < -0.4 is 0 Å². The highest BCUT2D eigenvalue weighted by Gasteiger charge is 2.29. The maximum atomic E-state index is 5.67. The highest BCUT2D eigenvalue weighted by atomic mass is 14.8. The minimum atomic E-state index is 1.06. The Bertz CT molecular complexity index is 1490. The summed E-state index contributed by atoms with van der Waals surface area (Å²) in [6, 6.07) is 23.0. The van der Waals surface area contributed by atoms with Crippen LogP contribution in [-0.2, 0) is 25.7 Å². The number of rotatable bonds is 0. The molecule has 202 valence electrons. The number of benzene rings is 4. The summed E-state index contributed by atoms with van der Waals surface area (Å²) in [5.74, 6) is 0. The lowest BCUT2D eigenvalue weighted by molar-refractivity contribution is 0.632. The zero-order chi connectivity index (χ0) is 27.1. The van der Waals surface area contributed by atoms with Crippen molar-refractivity contribution < 1.29 is 0 Å². The van der Waals surface area contributed by atoms with E-state index in [1.54, 1.807) is 0 Å². The second-order valence-corrected chi connectivity index (χ2v) is 12.3. The van der Waals surface area contributed by atoms with Gasteiger partial charge in [0, 0.05) is 16.5 Å². The fourth-order valence-electron chi connectivity index (χ4n) is 7.33. The summed E-state index contributed by atoms with van der Waals surface area (Å²) >= 11 is 0. The van der Waals surface area contributed by atoms with Gasteiger partial charge in [0.05, 0.1) is 22.8 Å². The molecule has 0 saturated heterocycles. The maximum Gasteiger partial charge on any atom is 0.0979 e. The molecule has 0 fully saturated rings. The number of hydrogen-bond donors (Lipinski definition) is 0. The van der Waals surface area contributed by atoms with Crippen molar-refractivity contribution in [2.24, 2.45) is 9.98 Å². The third-order valence-corrected chi connectivity index (χ3v) is 9.20. The molecule has 2 bridgehead atoms. The molecule has 0 N–H and O–H groups in total. The fraction of sp³-hybridized carbons (Fsp3) is 0.368. The highest BCUT2D eigenvalue weighted by molar-refractivity contribution is 6.61. The molecular weight excluding hydrogens is 484 g/mol. The van der Waals surface area contributed by atoms with E-state index in [4.69, 9.17) is 9.98 Å². The topological polar surface area (TPSA) is 24.7 Å². The molecular formula is C38H40N2. The first kappa shape index (κ1) is 25.4. The van der Waals surface area contributed by atoms with Crippen LogP contribution >= 0.6 is 0 Å². The van der Waals surface area contributed by atoms with E-state index >= 15 is 0 Å². The molecule has 4 aromatic carbocycles. The zero-order valence-electron chi connectivity index (χ0n) is 24.2. The summed E-state index contributed by atoms with van der Waals surface area (Å²) in [4.78, 5) is 11.3. The van der Waals surface area contributed by atoms with E-state index in [1.165, 1.54) is 118 Å². The second-order valence-electron chi connectivity index (χ2n) is 12.3. The van der Waals surface area contributed by atoms with Crippen molar-refractivity contribution in [3.8, 4) is 0 Å². The first-order valence-electron chi connectivity index (χ1n) is 15.6. The van der Waals surface area contributed by atoms with Crippen LogP contribution in [0.3, 0.4) is 0 Å². The van der Waals surface area contributed by atoms with Crippen LogP contribution in [0.1, 0.15) is 95.9 Å². The van der Waals surface area contributed by atoms with E-state index in [0.717, 1.165) is 37.1 Å². The van der Waals surface area contributed by atoms with Crippen LogP contribution in [-0.4, -0.2) is 11.4 Å². The first-order chi connectivity index (χ1) is 19.7. The van der Waals surface area contributed by atoms with Crippen LogP contribution in [0.2, 0.25) is 0 Å². The highest BCUT2D eigenvalue weighted by Crippen LogP contribution is 2.39. The number of aliphatic imine (C=N–C) groups is 2. The quantitative estimate of drug-likeness (QED) is 0.219. The molecule has 3 aliphatic rings. The number of aryl methyl sites for hydroxylation is 6. The largest absolute Gasteiger partial charge is 0.246 e. The summed E-state index contributed by atoms with van der Waals surface area (Å²) in [6.07, 6.45) is 14.4. The molecule has 0 amide bonds. The van der Waals surface area contributed by atoms with Crippen molar-refractivity contribution in [2.75, 3.05) is 0 Å². The molecule has 2 nitrogen and oxygen atoms in total. The van der Waals surface area contributed by atoms with Crippen LogP contribution in [0.5, 0.6) is 0 Å². The van der Waals surface area contributed by atoms with Gasteiger partial charge < -0.3 is 0 Å². The van der Waals surface area contributed by atoms with Gasteiger partial charge in [-0.3, -0.25) is 0 Å². The second kappa shape index (κ2) is 10.8. The summed E-state index contributed by atoms with van der Waals surface area (Å²) < 4.78 is 0. The predicted molar refractivity (Wildman–Crippen MR) is 170 cm³/mol. The molecule has 2 aliphatic heterocycles. The minimum Gasteiger partial charge on any atom is -0.246 e.